The van der Waals surface area contributed by atoms with E-state index < -0.39 is 0 Å². The predicted molar refractivity (Wildman–Crippen MR) is 88.5 cm³/mol. The quantitative estimate of drug-likeness (QED) is 0.913. The highest BCUT2D eigenvalue weighted by molar-refractivity contribution is 5.90. The Morgan fingerprint density at radius 3 is 2.45 bits per heavy atom. The molecule has 0 atom stereocenters. The van der Waals surface area contributed by atoms with E-state index in [9.17, 15) is 4.79 Å². The Morgan fingerprint density at radius 1 is 1.00 bits per heavy atom. The van der Waals surface area contributed by atoms with Crippen molar-refractivity contribution in [3.05, 3.63) is 24.3 Å². The Morgan fingerprint density at radius 2 is 1.73 bits per heavy atom. The fraction of sp³-hybridized carbons (Fsp3) is 0.588. The summed E-state index contributed by atoms with van der Waals surface area (Å²) in [5.41, 5.74) is 2.08. The summed E-state index contributed by atoms with van der Waals surface area (Å²) in [6, 6.07) is 8.17. The van der Waals surface area contributed by atoms with E-state index in [0.717, 1.165) is 18.8 Å². The van der Waals surface area contributed by atoms with Crippen molar-refractivity contribution < 1.29 is 9.53 Å². The first kappa shape index (κ1) is 15.2. The number of carbonyl (C=O) groups is 1. The van der Waals surface area contributed by atoms with Crippen molar-refractivity contribution >= 4 is 17.4 Å². The molecule has 2 heterocycles. The second-order valence-electron chi connectivity index (χ2n) is 5.98. The molecular formula is C17H25N3O2. The number of nitrogens with zero attached hydrogens (tertiary/aromatic N) is 2. The SMILES string of the molecule is O=C(Nc1cccc(N2CCCCCC2)c1)N1CCOCC1. The van der Waals surface area contributed by atoms with Gasteiger partial charge >= 0.3 is 6.03 Å². The molecule has 2 amide bonds. The molecule has 1 aromatic rings. The average molecular weight is 303 g/mol. The molecule has 2 aliphatic heterocycles. The number of urea groups is 1. The van der Waals surface area contributed by atoms with Gasteiger partial charge < -0.3 is 19.9 Å². The maximum absolute atomic E-state index is 12.3. The minimum absolute atomic E-state index is 0.0312. The van der Waals surface area contributed by atoms with Crippen LogP contribution >= 0.6 is 0 Å². The summed E-state index contributed by atoms with van der Waals surface area (Å²) in [4.78, 5) is 16.5. The molecule has 0 aliphatic carbocycles. The molecule has 2 aliphatic rings. The second-order valence-corrected chi connectivity index (χ2v) is 5.98. The van der Waals surface area contributed by atoms with Crippen molar-refractivity contribution in [2.24, 2.45) is 0 Å². The van der Waals surface area contributed by atoms with E-state index in [4.69, 9.17) is 4.74 Å². The Hall–Kier alpha value is -1.75. The lowest BCUT2D eigenvalue weighted by Crippen LogP contribution is -2.43. The number of amides is 2. The van der Waals surface area contributed by atoms with Crippen LogP contribution in [0.4, 0.5) is 16.2 Å². The molecule has 0 unspecified atom stereocenters. The number of ether oxygens (including phenoxy) is 1. The number of hydrogen-bond acceptors (Lipinski definition) is 3. The van der Waals surface area contributed by atoms with Crippen molar-refractivity contribution in [3.63, 3.8) is 0 Å². The molecule has 2 saturated heterocycles. The van der Waals surface area contributed by atoms with Crippen LogP contribution in [0.2, 0.25) is 0 Å². The molecule has 5 heteroatoms. The van der Waals surface area contributed by atoms with E-state index in [1.54, 1.807) is 0 Å². The minimum Gasteiger partial charge on any atom is -0.378 e. The van der Waals surface area contributed by atoms with Crippen LogP contribution in [0.1, 0.15) is 25.7 Å². The van der Waals surface area contributed by atoms with E-state index >= 15 is 0 Å². The molecule has 1 aromatic carbocycles. The van der Waals surface area contributed by atoms with E-state index in [2.05, 4.69) is 22.3 Å². The lowest BCUT2D eigenvalue weighted by Gasteiger charge is -2.27. The molecule has 5 nitrogen and oxygen atoms in total. The summed E-state index contributed by atoms with van der Waals surface area (Å²) in [6.45, 7) is 4.81. The molecule has 1 N–H and O–H groups in total. The average Bonchev–Trinajstić information content (AvgIpc) is 2.85. The maximum atomic E-state index is 12.3. The van der Waals surface area contributed by atoms with Crippen LogP contribution in [0.15, 0.2) is 24.3 Å². The van der Waals surface area contributed by atoms with Gasteiger partial charge in [-0.25, -0.2) is 4.79 Å². The maximum Gasteiger partial charge on any atom is 0.322 e. The van der Waals surface area contributed by atoms with Gasteiger partial charge in [0.1, 0.15) is 0 Å². The van der Waals surface area contributed by atoms with Crippen molar-refractivity contribution in [2.75, 3.05) is 49.6 Å². The zero-order valence-electron chi connectivity index (χ0n) is 13.1. The monoisotopic (exact) mass is 303 g/mol. The first-order chi connectivity index (χ1) is 10.8. The van der Waals surface area contributed by atoms with E-state index in [-0.39, 0.29) is 6.03 Å². The third-order valence-electron chi connectivity index (χ3n) is 4.37. The number of morpholine rings is 1. The zero-order chi connectivity index (χ0) is 15.2. The van der Waals surface area contributed by atoms with Crippen LogP contribution in [0.25, 0.3) is 0 Å². The largest absolute Gasteiger partial charge is 0.378 e. The summed E-state index contributed by atoms with van der Waals surface area (Å²) >= 11 is 0. The number of anilines is 2. The Bertz CT molecular complexity index is 492. The van der Waals surface area contributed by atoms with Crippen LogP contribution < -0.4 is 10.2 Å². The summed E-state index contributed by atoms with van der Waals surface area (Å²) in [7, 11) is 0. The van der Waals surface area contributed by atoms with Crippen LogP contribution in [0.3, 0.4) is 0 Å². The third-order valence-corrected chi connectivity index (χ3v) is 4.37. The van der Waals surface area contributed by atoms with Gasteiger partial charge in [0.2, 0.25) is 0 Å². The van der Waals surface area contributed by atoms with Crippen LogP contribution in [0, 0.1) is 0 Å². The highest BCUT2D eigenvalue weighted by Gasteiger charge is 2.17. The van der Waals surface area contributed by atoms with Crippen LogP contribution in [-0.4, -0.2) is 50.3 Å². The van der Waals surface area contributed by atoms with Gasteiger partial charge in [-0.3, -0.25) is 0 Å². The zero-order valence-corrected chi connectivity index (χ0v) is 13.1. The van der Waals surface area contributed by atoms with Gasteiger partial charge in [-0.1, -0.05) is 18.9 Å². The molecule has 3 rings (SSSR count). The summed E-state index contributed by atoms with van der Waals surface area (Å²) < 4.78 is 5.28. The van der Waals surface area contributed by atoms with Gasteiger partial charge in [-0.2, -0.15) is 0 Å². The number of carbonyl (C=O) groups excluding carboxylic acids is 1. The first-order valence-corrected chi connectivity index (χ1v) is 8.31. The fourth-order valence-corrected chi connectivity index (χ4v) is 3.08. The van der Waals surface area contributed by atoms with Gasteiger partial charge in [0.05, 0.1) is 13.2 Å². The number of hydrogen-bond donors (Lipinski definition) is 1. The molecule has 0 aromatic heterocycles. The molecule has 120 valence electrons. The standard InChI is InChI=1S/C17H25N3O2/c21-17(20-10-12-22-13-11-20)18-15-6-5-7-16(14-15)19-8-3-1-2-4-9-19/h5-7,14H,1-4,8-13H2,(H,18,21). The highest BCUT2D eigenvalue weighted by atomic mass is 16.5. The van der Waals surface area contributed by atoms with Crippen molar-refractivity contribution in [3.8, 4) is 0 Å². The summed E-state index contributed by atoms with van der Waals surface area (Å²) in [5.74, 6) is 0. The second kappa shape index (κ2) is 7.49. The lowest BCUT2D eigenvalue weighted by atomic mass is 10.2. The van der Waals surface area contributed by atoms with Crippen molar-refractivity contribution in [1.82, 2.24) is 4.90 Å². The normalized spacial score (nSPS) is 19.6. The first-order valence-electron chi connectivity index (χ1n) is 8.31. The summed E-state index contributed by atoms with van der Waals surface area (Å²) in [6.07, 6.45) is 5.16. The lowest BCUT2D eigenvalue weighted by molar-refractivity contribution is 0.0564. The Kier molecular flexibility index (Phi) is 5.16. The van der Waals surface area contributed by atoms with E-state index in [1.165, 1.54) is 31.4 Å². The van der Waals surface area contributed by atoms with Gasteiger partial charge in [0, 0.05) is 37.6 Å². The van der Waals surface area contributed by atoms with Crippen LogP contribution in [0.5, 0.6) is 0 Å². The van der Waals surface area contributed by atoms with Gasteiger partial charge in [-0.15, -0.1) is 0 Å². The molecule has 0 saturated carbocycles. The van der Waals surface area contributed by atoms with Crippen LogP contribution in [-0.2, 0) is 4.74 Å². The predicted octanol–water partition coefficient (Wildman–Crippen LogP) is 2.93. The molecule has 22 heavy (non-hydrogen) atoms. The smallest absolute Gasteiger partial charge is 0.322 e. The van der Waals surface area contributed by atoms with E-state index in [1.807, 2.05) is 17.0 Å². The number of rotatable bonds is 2. The Labute approximate surface area is 132 Å². The van der Waals surface area contributed by atoms with Crippen molar-refractivity contribution in [2.45, 2.75) is 25.7 Å². The fourth-order valence-electron chi connectivity index (χ4n) is 3.08. The van der Waals surface area contributed by atoms with Crippen molar-refractivity contribution in [1.29, 1.82) is 0 Å². The van der Waals surface area contributed by atoms with E-state index in [0.29, 0.717) is 26.3 Å². The van der Waals surface area contributed by atoms with Gasteiger partial charge in [0.25, 0.3) is 0 Å². The topological polar surface area (TPSA) is 44.8 Å². The van der Waals surface area contributed by atoms with Gasteiger partial charge in [-0.05, 0) is 31.0 Å². The minimum atomic E-state index is -0.0312. The molecule has 2 fully saturated rings. The molecule has 0 radical (unpaired) electrons. The molecular weight excluding hydrogens is 278 g/mol. The summed E-state index contributed by atoms with van der Waals surface area (Å²) in [5, 5.41) is 3.01. The Balaban J connectivity index is 1.64. The third kappa shape index (κ3) is 3.91. The number of nitrogens with one attached hydrogen (secondary N) is 1. The van der Waals surface area contributed by atoms with Gasteiger partial charge in [0.15, 0.2) is 0 Å². The number of benzene rings is 1. The molecule has 0 bridgehead atoms. The molecule has 0 spiro atoms. The highest BCUT2D eigenvalue weighted by Crippen LogP contribution is 2.23.